The van der Waals surface area contributed by atoms with Gasteiger partial charge in [-0.25, -0.2) is 9.98 Å². The van der Waals surface area contributed by atoms with Crippen LogP contribution in [-0.2, 0) is 16.1 Å². The van der Waals surface area contributed by atoms with E-state index < -0.39 is 0 Å². The van der Waals surface area contributed by atoms with Crippen molar-refractivity contribution in [1.82, 2.24) is 20.1 Å². The molecule has 3 fully saturated rings. The molecule has 3 aliphatic heterocycles. The highest BCUT2D eigenvalue weighted by Gasteiger charge is 2.30. The van der Waals surface area contributed by atoms with Crippen molar-refractivity contribution in [2.24, 2.45) is 4.99 Å². The summed E-state index contributed by atoms with van der Waals surface area (Å²) in [6.07, 6.45) is 8.74. The molecule has 0 aromatic carbocycles. The van der Waals surface area contributed by atoms with Gasteiger partial charge >= 0.3 is 0 Å². The van der Waals surface area contributed by atoms with Crippen LogP contribution in [0.25, 0.3) is 0 Å². The van der Waals surface area contributed by atoms with E-state index in [9.17, 15) is 4.79 Å². The van der Waals surface area contributed by atoms with Crippen LogP contribution in [0.4, 0.5) is 5.82 Å². The van der Waals surface area contributed by atoms with Gasteiger partial charge in [0.1, 0.15) is 11.9 Å². The number of ether oxygens (including phenoxy) is 1. The number of anilines is 1. The molecule has 0 spiro atoms. The first-order valence-corrected chi connectivity index (χ1v) is 12.4. The molecule has 1 N–H and O–H groups in total. The fourth-order valence-corrected chi connectivity index (χ4v) is 4.70. The van der Waals surface area contributed by atoms with E-state index >= 15 is 0 Å². The Bertz CT molecular complexity index is 746. The molecule has 4 rings (SSSR count). The number of aliphatic imine (C=N–C) groups is 1. The van der Waals surface area contributed by atoms with Crippen LogP contribution in [0.5, 0.6) is 0 Å². The lowest BCUT2D eigenvalue weighted by Crippen LogP contribution is -2.55. The molecule has 4 heterocycles. The number of hydrogen-bond donors (Lipinski definition) is 1. The number of amides is 1. The second kappa shape index (κ2) is 11.5. The molecule has 1 unspecified atom stereocenters. The first-order chi connectivity index (χ1) is 15.7. The van der Waals surface area contributed by atoms with E-state index in [-0.39, 0.29) is 12.0 Å². The van der Waals surface area contributed by atoms with E-state index in [4.69, 9.17) is 14.7 Å². The predicted octanol–water partition coefficient (Wildman–Crippen LogP) is 2.25. The second-order valence-corrected chi connectivity index (χ2v) is 8.91. The van der Waals surface area contributed by atoms with Gasteiger partial charge in [0.05, 0.1) is 6.54 Å². The quantitative estimate of drug-likeness (QED) is 0.557. The van der Waals surface area contributed by atoms with Crippen LogP contribution in [0.3, 0.4) is 0 Å². The Balaban J connectivity index is 1.31. The van der Waals surface area contributed by atoms with Crippen molar-refractivity contribution in [2.75, 3.05) is 57.3 Å². The summed E-state index contributed by atoms with van der Waals surface area (Å²) in [6, 6.07) is 4.29. The number of guanidine groups is 1. The number of aromatic nitrogens is 1. The molecular weight excluding hydrogens is 404 g/mol. The van der Waals surface area contributed by atoms with Crippen LogP contribution >= 0.6 is 0 Å². The lowest BCUT2D eigenvalue weighted by Gasteiger charge is -2.37. The van der Waals surface area contributed by atoms with Gasteiger partial charge in [0.25, 0.3) is 5.91 Å². The molecule has 8 heteroatoms. The lowest BCUT2D eigenvalue weighted by molar-refractivity contribution is -0.142. The van der Waals surface area contributed by atoms with Crippen LogP contribution < -0.4 is 10.2 Å². The standard InChI is InChI=1S/C24H38N6O2/c1-2-25-24(30-15-13-29(14-16-30)23(31)21-8-7-17-32-21)27-19-20-9-10-22(26-18-20)28-11-5-3-4-6-12-28/h9-10,18,21H,2-8,11-17,19H2,1H3,(H,25,27). The van der Waals surface area contributed by atoms with E-state index in [0.717, 1.165) is 76.0 Å². The first kappa shape index (κ1) is 22.8. The maximum Gasteiger partial charge on any atom is 0.251 e. The lowest BCUT2D eigenvalue weighted by atomic mass is 10.2. The maximum atomic E-state index is 12.6. The van der Waals surface area contributed by atoms with Crippen molar-refractivity contribution >= 4 is 17.7 Å². The average Bonchev–Trinajstić information content (AvgIpc) is 3.24. The molecule has 3 aliphatic rings. The second-order valence-electron chi connectivity index (χ2n) is 8.91. The summed E-state index contributed by atoms with van der Waals surface area (Å²) in [4.78, 5) is 28.8. The third-order valence-corrected chi connectivity index (χ3v) is 6.58. The van der Waals surface area contributed by atoms with Crippen molar-refractivity contribution in [3.05, 3.63) is 23.9 Å². The Hall–Kier alpha value is -2.35. The van der Waals surface area contributed by atoms with E-state index in [1.54, 1.807) is 0 Å². The third kappa shape index (κ3) is 5.91. The molecule has 0 aliphatic carbocycles. The zero-order valence-electron chi connectivity index (χ0n) is 19.5. The fourth-order valence-electron chi connectivity index (χ4n) is 4.70. The third-order valence-electron chi connectivity index (χ3n) is 6.58. The zero-order valence-corrected chi connectivity index (χ0v) is 19.5. The number of piperazine rings is 1. The molecule has 1 aromatic rings. The molecule has 0 bridgehead atoms. The molecule has 1 atom stereocenters. The Morgan fingerprint density at radius 2 is 1.81 bits per heavy atom. The molecule has 0 radical (unpaired) electrons. The highest BCUT2D eigenvalue weighted by Crippen LogP contribution is 2.18. The van der Waals surface area contributed by atoms with Crippen molar-refractivity contribution in [1.29, 1.82) is 0 Å². The summed E-state index contributed by atoms with van der Waals surface area (Å²) >= 11 is 0. The van der Waals surface area contributed by atoms with Gasteiger partial charge in [-0.05, 0) is 44.2 Å². The number of nitrogens with zero attached hydrogens (tertiary/aromatic N) is 5. The SMILES string of the molecule is CCNC(=NCc1ccc(N2CCCCCC2)nc1)N1CCN(C(=O)C2CCCO2)CC1. The molecule has 1 aromatic heterocycles. The van der Waals surface area contributed by atoms with Gasteiger partial charge in [0, 0.05) is 58.6 Å². The molecular formula is C24H38N6O2. The summed E-state index contributed by atoms with van der Waals surface area (Å²) in [5.41, 5.74) is 1.12. The predicted molar refractivity (Wildman–Crippen MR) is 127 cm³/mol. The molecule has 0 saturated carbocycles. The number of rotatable bonds is 5. The number of carbonyl (C=O) groups excluding carboxylic acids is 1. The average molecular weight is 443 g/mol. The van der Waals surface area contributed by atoms with E-state index in [0.29, 0.717) is 13.2 Å². The van der Waals surface area contributed by atoms with Gasteiger partial charge in [0.15, 0.2) is 5.96 Å². The van der Waals surface area contributed by atoms with Crippen LogP contribution in [0.2, 0.25) is 0 Å². The minimum atomic E-state index is -0.228. The van der Waals surface area contributed by atoms with E-state index in [1.807, 2.05) is 11.1 Å². The number of carbonyl (C=O) groups is 1. The summed E-state index contributed by atoms with van der Waals surface area (Å²) in [6.45, 7) is 9.44. The Morgan fingerprint density at radius 3 is 2.44 bits per heavy atom. The van der Waals surface area contributed by atoms with Gasteiger partial charge in [0.2, 0.25) is 0 Å². The molecule has 32 heavy (non-hydrogen) atoms. The Labute approximate surface area is 192 Å². The van der Waals surface area contributed by atoms with E-state index in [2.05, 4.69) is 34.2 Å². The van der Waals surface area contributed by atoms with Gasteiger partial charge in [-0.2, -0.15) is 0 Å². The highest BCUT2D eigenvalue weighted by atomic mass is 16.5. The molecule has 8 nitrogen and oxygen atoms in total. The van der Waals surface area contributed by atoms with Crippen molar-refractivity contribution < 1.29 is 9.53 Å². The number of nitrogens with one attached hydrogen (secondary N) is 1. The summed E-state index contributed by atoms with van der Waals surface area (Å²) in [5, 5.41) is 3.41. The van der Waals surface area contributed by atoms with Crippen LogP contribution in [0.15, 0.2) is 23.3 Å². The maximum absolute atomic E-state index is 12.6. The zero-order chi connectivity index (χ0) is 22.2. The normalized spacial score (nSPS) is 22.7. The van der Waals surface area contributed by atoms with Crippen LogP contribution in [0.1, 0.15) is 51.0 Å². The summed E-state index contributed by atoms with van der Waals surface area (Å²) in [5.74, 6) is 2.14. The van der Waals surface area contributed by atoms with Crippen molar-refractivity contribution in [3.8, 4) is 0 Å². The summed E-state index contributed by atoms with van der Waals surface area (Å²) in [7, 11) is 0. The van der Waals surface area contributed by atoms with Gasteiger partial charge in [-0.1, -0.05) is 18.9 Å². The topological polar surface area (TPSA) is 73.3 Å². The van der Waals surface area contributed by atoms with Gasteiger partial charge in [-0.3, -0.25) is 4.79 Å². The van der Waals surface area contributed by atoms with Gasteiger partial charge < -0.3 is 24.8 Å². The largest absolute Gasteiger partial charge is 0.368 e. The smallest absolute Gasteiger partial charge is 0.251 e. The van der Waals surface area contributed by atoms with E-state index in [1.165, 1.54) is 25.7 Å². The number of pyridine rings is 1. The molecule has 176 valence electrons. The Kier molecular flexibility index (Phi) is 8.20. The first-order valence-electron chi connectivity index (χ1n) is 12.4. The fraction of sp³-hybridized carbons (Fsp3) is 0.708. The minimum absolute atomic E-state index is 0.152. The Morgan fingerprint density at radius 1 is 1.06 bits per heavy atom. The van der Waals surface area contributed by atoms with Crippen LogP contribution in [0, 0.1) is 0 Å². The highest BCUT2D eigenvalue weighted by molar-refractivity contribution is 5.82. The van der Waals surface area contributed by atoms with Crippen molar-refractivity contribution in [2.45, 2.75) is 58.1 Å². The van der Waals surface area contributed by atoms with Gasteiger partial charge in [-0.15, -0.1) is 0 Å². The monoisotopic (exact) mass is 442 g/mol. The van der Waals surface area contributed by atoms with Crippen molar-refractivity contribution in [3.63, 3.8) is 0 Å². The summed E-state index contributed by atoms with van der Waals surface area (Å²) < 4.78 is 5.57. The minimum Gasteiger partial charge on any atom is -0.368 e. The van der Waals surface area contributed by atoms with Crippen LogP contribution in [-0.4, -0.2) is 85.2 Å². The molecule has 1 amide bonds. The molecule has 3 saturated heterocycles. The number of hydrogen-bond acceptors (Lipinski definition) is 5.